The number of hydrazine groups is 1. The average molecular weight is 606 g/mol. The number of aldehydes is 1. The SMILES string of the molecule is CCCCC(=O)N1CCN(c2cc(NN)cc([C@H](CC=O)CN3CC[C@@H](CCc4cc(OC)c5c(n4)NCCC5)C3)c2)CC1. The van der Waals surface area contributed by atoms with E-state index in [4.69, 9.17) is 15.6 Å². The maximum Gasteiger partial charge on any atom is 0.222 e. The van der Waals surface area contributed by atoms with Crippen molar-refractivity contribution in [3.8, 4) is 5.75 Å². The molecule has 3 aliphatic heterocycles. The van der Waals surface area contributed by atoms with Crippen LogP contribution in [0.15, 0.2) is 24.3 Å². The first-order valence-corrected chi connectivity index (χ1v) is 16.6. The Morgan fingerprint density at radius 3 is 2.80 bits per heavy atom. The molecule has 1 amide bonds. The van der Waals surface area contributed by atoms with Crippen molar-refractivity contribution in [2.75, 3.05) is 75.1 Å². The summed E-state index contributed by atoms with van der Waals surface area (Å²) in [5.74, 6) is 8.80. The molecule has 0 saturated carbocycles. The van der Waals surface area contributed by atoms with Crippen molar-refractivity contribution < 1.29 is 14.3 Å². The summed E-state index contributed by atoms with van der Waals surface area (Å²) in [6.45, 7) is 9.04. The number of piperazine rings is 1. The van der Waals surface area contributed by atoms with Gasteiger partial charge in [0.2, 0.25) is 5.91 Å². The maximum absolute atomic E-state index is 12.5. The predicted octanol–water partition coefficient (Wildman–Crippen LogP) is 4.20. The number of rotatable bonds is 14. The number of nitrogens with zero attached hydrogens (tertiary/aromatic N) is 4. The molecule has 10 nitrogen and oxygen atoms in total. The highest BCUT2D eigenvalue weighted by Gasteiger charge is 2.27. The van der Waals surface area contributed by atoms with Crippen molar-refractivity contribution in [3.63, 3.8) is 0 Å². The van der Waals surface area contributed by atoms with E-state index in [0.717, 1.165) is 138 Å². The molecule has 2 fully saturated rings. The fraction of sp³-hybridized carbons (Fsp3) is 0.618. The number of aromatic nitrogens is 1. The first-order chi connectivity index (χ1) is 21.5. The van der Waals surface area contributed by atoms with Gasteiger partial charge in [-0.3, -0.25) is 10.6 Å². The van der Waals surface area contributed by atoms with Crippen LogP contribution in [-0.4, -0.2) is 86.4 Å². The smallest absolute Gasteiger partial charge is 0.222 e. The summed E-state index contributed by atoms with van der Waals surface area (Å²) in [7, 11) is 1.75. The third kappa shape index (κ3) is 8.01. The molecule has 0 spiro atoms. The third-order valence-electron chi connectivity index (χ3n) is 9.61. The average Bonchev–Trinajstić information content (AvgIpc) is 3.52. The first-order valence-electron chi connectivity index (χ1n) is 16.6. The molecule has 2 saturated heterocycles. The van der Waals surface area contributed by atoms with Crippen LogP contribution in [0.1, 0.15) is 74.6 Å². The van der Waals surface area contributed by atoms with Gasteiger partial charge in [-0.05, 0) is 74.8 Å². The van der Waals surface area contributed by atoms with Crippen LogP contribution in [0.2, 0.25) is 0 Å². The van der Waals surface area contributed by atoms with Crippen LogP contribution in [-0.2, 0) is 22.4 Å². The summed E-state index contributed by atoms with van der Waals surface area (Å²) >= 11 is 0. The Morgan fingerprint density at radius 1 is 1.20 bits per heavy atom. The van der Waals surface area contributed by atoms with Gasteiger partial charge in [0.1, 0.15) is 17.9 Å². The van der Waals surface area contributed by atoms with E-state index in [-0.39, 0.29) is 11.8 Å². The third-order valence-corrected chi connectivity index (χ3v) is 9.61. The van der Waals surface area contributed by atoms with E-state index in [9.17, 15) is 9.59 Å². The van der Waals surface area contributed by atoms with E-state index in [1.165, 1.54) is 5.56 Å². The molecule has 1 aromatic carbocycles. The van der Waals surface area contributed by atoms with E-state index in [0.29, 0.717) is 18.8 Å². The number of carbonyl (C=O) groups excluding carboxylic acids is 2. The van der Waals surface area contributed by atoms with Gasteiger partial charge in [0, 0.05) is 87.6 Å². The molecule has 44 heavy (non-hydrogen) atoms. The van der Waals surface area contributed by atoms with Gasteiger partial charge >= 0.3 is 0 Å². The Labute approximate surface area is 262 Å². The second kappa shape index (κ2) is 15.6. The highest BCUT2D eigenvalue weighted by atomic mass is 16.5. The summed E-state index contributed by atoms with van der Waals surface area (Å²) in [6, 6.07) is 8.50. The lowest BCUT2D eigenvalue weighted by molar-refractivity contribution is -0.131. The Balaban J connectivity index is 1.19. The fourth-order valence-corrected chi connectivity index (χ4v) is 7.02. The Hall–Kier alpha value is -3.37. The zero-order valence-electron chi connectivity index (χ0n) is 26.7. The number of unbranched alkanes of at least 4 members (excludes halogenated alkanes) is 1. The van der Waals surface area contributed by atoms with Crippen LogP contribution in [0.25, 0.3) is 0 Å². The Bertz CT molecular complexity index is 1250. The molecule has 0 bridgehead atoms. The van der Waals surface area contributed by atoms with Crippen LogP contribution >= 0.6 is 0 Å². The Morgan fingerprint density at radius 2 is 2.05 bits per heavy atom. The molecule has 0 radical (unpaired) electrons. The standard InChI is InChI=1S/C34H51N7O3/c1-3-4-7-33(43)41-16-14-40(15-17-41)30-20-27(19-29(21-30)38-35)26(11-18-42)24-39-13-10-25(23-39)8-9-28-22-32(44-2)31-6-5-12-36-34(31)37-28/h18-22,25-26,38H,3-17,23-24,35H2,1-2H3,(H,36,37)/t25-,26-/m1/s1. The minimum Gasteiger partial charge on any atom is -0.496 e. The van der Waals surface area contributed by atoms with Crippen LogP contribution in [0.5, 0.6) is 5.75 Å². The normalized spacial score (nSPS) is 19.3. The number of aryl methyl sites for hydroxylation is 1. The zero-order chi connectivity index (χ0) is 30.9. The second-order valence-corrected chi connectivity index (χ2v) is 12.7. The second-order valence-electron chi connectivity index (χ2n) is 12.7. The Kier molecular flexibility index (Phi) is 11.3. The molecule has 1 aromatic heterocycles. The number of nitrogens with one attached hydrogen (secondary N) is 2. The molecular formula is C34H51N7O3. The molecule has 5 rings (SSSR count). The van der Waals surface area contributed by atoms with Crippen molar-refractivity contribution in [1.29, 1.82) is 0 Å². The number of fused-ring (bicyclic) bond motifs is 1. The first kappa shape index (κ1) is 32.0. The van der Waals surface area contributed by atoms with Gasteiger partial charge in [-0.25, -0.2) is 4.98 Å². The van der Waals surface area contributed by atoms with Gasteiger partial charge in [-0.15, -0.1) is 0 Å². The summed E-state index contributed by atoms with van der Waals surface area (Å²) in [4.78, 5) is 36.1. The van der Waals surface area contributed by atoms with Gasteiger partial charge in [0.25, 0.3) is 0 Å². The minimum absolute atomic E-state index is 0.0906. The van der Waals surface area contributed by atoms with Crippen LogP contribution < -0.4 is 26.2 Å². The highest BCUT2D eigenvalue weighted by molar-refractivity contribution is 5.76. The lowest BCUT2D eigenvalue weighted by Gasteiger charge is -2.37. The number of carbonyl (C=O) groups is 2. The van der Waals surface area contributed by atoms with E-state index < -0.39 is 0 Å². The summed E-state index contributed by atoms with van der Waals surface area (Å²) in [6.07, 6.45) is 9.44. The van der Waals surface area contributed by atoms with Crippen LogP contribution in [0, 0.1) is 5.92 Å². The van der Waals surface area contributed by atoms with Gasteiger partial charge < -0.3 is 35.0 Å². The molecule has 4 N–H and O–H groups in total. The van der Waals surface area contributed by atoms with E-state index in [2.05, 4.69) is 51.7 Å². The molecule has 10 heteroatoms. The lowest BCUT2D eigenvalue weighted by atomic mass is 9.94. The summed E-state index contributed by atoms with van der Waals surface area (Å²) in [5, 5.41) is 3.45. The molecule has 4 heterocycles. The molecule has 0 unspecified atom stereocenters. The minimum atomic E-state index is 0.0906. The van der Waals surface area contributed by atoms with Crippen molar-refractivity contribution in [1.82, 2.24) is 14.8 Å². The number of nitrogens with two attached hydrogens (primary N) is 1. The quantitative estimate of drug-likeness (QED) is 0.166. The molecule has 2 atom stereocenters. The number of hydrogen-bond donors (Lipinski definition) is 3. The zero-order valence-corrected chi connectivity index (χ0v) is 26.7. The number of pyridine rings is 1. The maximum atomic E-state index is 12.5. The molecule has 240 valence electrons. The van der Waals surface area contributed by atoms with Gasteiger partial charge in [0.15, 0.2) is 0 Å². The number of amides is 1. The van der Waals surface area contributed by atoms with Gasteiger partial charge in [0.05, 0.1) is 12.8 Å². The largest absolute Gasteiger partial charge is 0.496 e. The monoisotopic (exact) mass is 605 g/mol. The van der Waals surface area contributed by atoms with Crippen LogP contribution in [0.3, 0.4) is 0 Å². The molecule has 0 aliphatic carbocycles. The number of anilines is 3. The number of benzene rings is 1. The molecular weight excluding hydrogens is 554 g/mol. The van der Waals surface area contributed by atoms with Crippen LogP contribution in [0.4, 0.5) is 17.2 Å². The summed E-state index contributed by atoms with van der Waals surface area (Å²) < 4.78 is 5.69. The van der Waals surface area contributed by atoms with Gasteiger partial charge in [-0.2, -0.15) is 0 Å². The van der Waals surface area contributed by atoms with Crippen molar-refractivity contribution >= 4 is 29.4 Å². The van der Waals surface area contributed by atoms with Crippen molar-refractivity contribution in [2.45, 2.75) is 70.6 Å². The number of methoxy groups -OCH3 is 1. The summed E-state index contributed by atoms with van der Waals surface area (Å²) in [5.41, 5.74) is 8.20. The van der Waals surface area contributed by atoms with Crippen molar-refractivity contribution in [2.24, 2.45) is 11.8 Å². The fourth-order valence-electron chi connectivity index (χ4n) is 7.02. The van der Waals surface area contributed by atoms with E-state index in [1.54, 1.807) is 7.11 Å². The molecule has 2 aromatic rings. The number of hydrogen-bond acceptors (Lipinski definition) is 9. The van der Waals surface area contributed by atoms with Crippen molar-refractivity contribution in [3.05, 3.63) is 41.1 Å². The lowest BCUT2D eigenvalue weighted by Crippen LogP contribution is -2.48. The topological polar surface area (TPSA) is 116 Å². The highest BCUT2D eigenvalue weighted by Crippen LogP contribution is 2.33. The van der Waals surface area contributed by atoms with Gasteiger partial charge in [-0.1, -0.05) is 13.3 Å². The number of ether oxygens (including phenoxy) is 1. The number of likely N-dealkylation sites (tertiary alicyclic amines) is 1. The number of nitrogen functional groups attached to an aromatic ring is 1. The van der Waals surface area contributed by atoms with E-state index >= 15 is 0 Å². The predicted molar refractivity (Wildman–Crippen MR) is 176 cm³/mol. The van der Waals surface area contributed by atoms with E-state index in [1.807, 2.05) is 4.90 Å². The molecule has 3 aliphatic rings.